The van der Waals surface area contributed by atoms with E-state index < -0.39 is 27.1 Å². The lowest BCUT2D eigenvalue weighted by Gasteiger charge is -2.32. The van der Waals surface area contributed by atoms with Gasteiger partial charge in [0.25, 0.3) is 17.3 Å². The molecule has 3 rings (SSSR count). The van der Waals surface area contributed by atoms with Crippen molar-refractivity contribution in [2.75, 3.05) is 38.5 Å². The van der Waals surface area contributed by atoms with E-state index in [1.165, 1.54) is 6.92 Å². The molecule has 0 atom stereocenters. The van der Waals surface area contributed by atoms with Gasteiger partial charge in [0.1, 0.15) is 5.56 Å². The fourth-order valence-electron chi connectivity index (χ4n) is 3.36. The van der Waals surface area contributed by atoms with Crippen molar-refractivity contribution in [3.63, 3.8) is 0 Å². The van der Waals surface area contributed by atoms with Crippen LogP contribution in [-0.2, 0) is 6.54 Å². The molecule has 1 fully saturated rings. The fraction of sp³-hybridized carbons (Fsp3) is 0.350. The molecule has 1 aliphatic heterocycles. The Kier molecular flexibility index (Phi) is 6.38. The van der Waals surface area contributed by atoms with Gasteiger partial charge in [-0.25, -0.2) is 0 Å². The highest BCUT2D eigenvalue weighted by molar-refractivity contribution is 6.05. The number of nitro benzene ring substituents is 2. The van der Waals surface area contributed by atoms with Crippen LogP contribution in [0.1, 0.15) is 21.5 Å². The number of benzene rings is 2. The summed E-state index contributed by atoms with van der Waals surface area (Å²) in [5.74, 6) is -0.645. The predicted octanol–water partition coefficient (Wildman–Crippen LogP) is 2.81. The van der Waals surface area contributed by atoms with Crippen LogP contribution in [0.3, 0.4) is 0 Å². The molecule has 2 aromatic rings. The van der Waals surface area contributed by atoms with Gasteiger partial charge in [0, 0.05) is 50.5 Å². The largest absolute Gasteiger partial charge is 0.322 e. The molecule has 10 nitrogen and oxygen atoms in total. The van der Waals surface area contributed by atoms with Crippen molar-refractivity contribution in [2.24, 2.45) is 0 Å². The van der Waals surface area contributed by atoms with E-state index in [2.05, 4.69) is 22.2 Å². The lowest BCUT2D eigenvalue weighted by atomic mass is 10.1. The highest BCUT2D eigenvalue weighted by Gasteiger charge is 2.25. The van der Waals surface area contributed by atoms with Gasteiger partial charge in [-0.1, -0.05) is 12.1 Å². The standard InChI is InChI=1S/C20H23N5O5/c1-14-18(24(27)28)11-16(12-19(14)25(29)30)20(26)21-17-5-3-15(4-6-17)13-23-9-7-22(2)8-10-23/h3-6,11-12H,7-10,13H2,1-2H3,(H,21,26). The van der Waals surface area contributed by atoms with Crippen molar-refractivity contribution in [2.45, 2.75) is 13.5 Å². The Morgan fingerprint density at radius 1 is 1.00 bits per heavy atom. The first-order valence-corrected chi connectivity index (χ1v) is 9.49. The Labute approximate surface area is 173 Å². The number of carbonyl (C=O) groups excluding carboxylic acids is 1. The third-order valence-corrected chi connectivity index (χ3v) is 5.22. The maximum atomic E-state index is 12.5. The Bertz CT molecular complexity index is 933. The topological polar surface area (TPSA) is 122 Å². The minimum absolute atomic E-state index is 0.0881. The number of hydrogen-bond acceptors (Lipinski definition) is 7. The monoisotopic (exact) mass is 413 g/mol. The maximum Gasteiger partial charge on any atom is 0.279 e. The van der Waals surface area contributed by atoms with Gasteiger partial charge in [-0.15, -0.1) is 0 Å². The van der Waals surface area contributed by atoms with Gasteiger partial charge in [-0.2, -0.15) is 0 Å². The molecule has 0 radical (unpaired) electrons. The second-order valence-electron chi connectivity index (χ2n) is 7.38. The molecule has 0 bridgehead atoms. The highest BCUT2D eigenvalue weighted by Crippen LogP contribution is 2.29. The van der Waals surface area contributed by atoms with Gasteiger partial charge in [-0.05, 0) is 31.7 Å². The predicted molar refractivity (Wildman–Crippen MR) is 112 cm³/mol. The molecular weight excluding hydrogens is 390 g/mol. The number of rotatable bonds is 6. The van der Waals surface area contributed by atoms with Gasteiger partial charge in [0.2, 0.25) is 0 Å². The second kappa shape index (κ2) is 8.97. The minimum atomic E-state index is -0.730. The van der Waals surface area contributed by atoms with Crippen molar-refractivity contribution in [1.82, 2.24) is 9.80 Å². The fourth-order valence-corrected chi connectivity index (χ4v) is 3.36. The first kappa shape index (κ1) is 21.3. The van der Waals surface area contributed by atoms with Crippen LogP contribution in [0.25, 0.3) is 0 Å². The number of amides is 1. The Morgan fingerprint density at radius 3 is 2.03 bits per heavy atom. The summed E-state index contributed by atoms with van der Waals surface area (Å²) >= 11 is 0. The van der Waals surface area contributed by atoms with Crippen molar-refractivity contribution in [3.05, 3.63) is 73.3 Å². The molecule has 1 saturated heterocycles. The van der Waals surface area contributed by atoms with E-state index in [1.807, 2.05) is 12.1 Å². The lowest BCUT2D eigenvalue weighted by Crippen LogP contribution is -2.43. The van der Waals surface area contributed by atoms with E-state index in [0.717, 1.165) is 50.4 Å². The van der Waals surface area contributed by atoms with E-state index in [1.54, 1.807) is 12.1 Å². The average Bonchev–Trinajstić information content (AvgIpc) is 2.70. The zero-order valence-corrected chi connectivity index (χ0v) is 16.8. The van der Waals surface area contributed by atoms with Crippen molar-refractivity contribution >= 4 is 23.0 Å². The summed E-state index contributed by atoms with van der Waals surface area (Å²) in [6.07, 6.45) is 0. The Hall–Kier alpha value is -3.37. The zero-order chi connectivity index (χ0) is 21.8. The molecule has 0 spiro atoms. The van der Waals surface area contributed by atoms with Crippen LogP contribution < -0.4 is 5.32 Å². The SMILES string of the molecule is Cc1c([N+](=O)[O-])cc(C(=O)Nc2ccc(CN3CCN(C)CC3)cc2)cc1[N+](=O)[O-]. The van der Waals surface area contributed by atoms with Crippen molar-refractivity contribution < 1.29 is 14.6 Å². The van der Waals surface area contributed by atoms with Gasteiger partial charge in [-0.3, -0.25) is 29.9 Å². The van der Waals surface area contributed by atoms with Crippen molar-refractivity contribution in [1.29, 1.82) is 0 Å². The molecule has 2 aromatic carbocycles. The molecule has 0 saturated carbocycles. The van der Waals surface area contributed by atoms with Crippen LogP contribution in [0, 0.1) is 27.2 Å². The first-order valence-electron chi connectivity index (χ1n) is 9.49. The van der Waals surface area contributed by atoms with E-state index in [9.17, 15) is 25.0 Å². The van der Waals surface area contributed by atoms with Gasteiger partial charge in [0.05, 0.1) is 15.4 Å². The summed E-state index contributed by atoms with van der Waals surface area (Å²) in [4.78, 5) is 38.1. The molecule has 0 unspecified atom stereocenters. The Morgan fingerprint density at radius 2 is 1.53 bits per heavy atom. The first-order chi connectivity index (χ1) is 14.2. The molecule has 0 aromatic heterocycles. The number of hydrogen-bond donors (Lipinski definition) is 1. The zero-order valence-electron chi connectivity index (χ0n) is 16.8. The van der Waals surface area contributed by atoms with Gasteiger partial charge < -0.3 is 10.2 Å². The van der Waals surface area contributed by atoms with E-state index in [0.29, 0.717) is 5.69 Å². The average molecular weight is 413 g/mol. The minimum Gasteiger partial charge on any atom is -0.322 e. The molecular formula is C20H23N5O5. The quantitative estimate of drug-likeness (QED) is 0.571. The van der Waals surface area contributed by atoms with Crippen LogP contribution in [0.5, 0.6) is 0 Å². The summed E-state index contributed by atoms with van der Waals surface area (Å²) in [5.41, 5.74) is 0.469. The summed E-state index contributed by atoms with van der Waals surface area (Å²) in [6.45, 7) is 6.17. The molecule has 30 heavy (non-hydrogen) atoms. The third kappa shape index (κ3) is 4.97. The summed E-state index contributed by atoms with van der Waals surface area (Å²) in [7, 11) is 2.10. The number of nitro groups is 2. The van der Waals surface area contributed by atoms with E-state index in [4.69, 9.17) is 0 Å². The molecule has 1 N–H and O–H groups in total. The van der Waals surface area contributed by atoms with Gasteiger partial charge in [0.15, 0.2) is 0 Å². The Balaban J connectivity index is 1.71. The number of carbonyl (C=O) groups is 1. The molecule has 0 aliphatic carbocycles. The third-order valence-electron chi connectivity index (χ3n) is 5.22. The van der Waals surface area contributed by atoms with Crippen LogP contribution in [0.4, 0.5) is 17.1 Å². The summed E-state index contributed by atoms with van der Waals surface area (Å²) in [6, 6.07) is 9.43. The smallest absolute Gasteiger partial charge is 0.279 e. The number of anilines is 1. The molecule has 158 valence electrons. The lowest BCUT2D eigenvalue weighted by molar-refractivity contribution is -0.395. The molecule has 1 heterocycles. The summed E-state index contributed by atoms with van der Waals surface area (Å²) < 4.78 is 0. The number of nitrogens with one attached hydrogen (secondary N) is 1. The van der Waals surface area contributed by atoms with Crippen LogP contribution in [0.15, 0.2) is 36.4 Å². The second-order valence-corrected chi connectivity index (χ2v) is 7.38. The number of nitrogens with zero attached hydrogens (tertiary/aromatic N) is 4. The molecule has 1 amide bonds. The van der Waals surface area contributed by atoms with E-state index >= 15 is 0 Å². The molecule has 1 aliphatic rings. The molecule has 10 heteroatoms. The van der Waals surface area contributed by atoms with Crippen LogP contribution in [0.2, 0.25) is 0 Å². The number of likely N-dealkylation sites (N-methyl/N-ethyl adjacent to an activating group) is 1. The summed E-state index contributed by atoms with van der Waals surface area (Å²) in [5, 5.41) is 25.0. The van der Waals surface area contributed by atoms with Crippen LogP contribution in [-0.4, -0.2) is 58.8 Å². The normalized spacial score (nSPS) is 15.0. The van der Waals surface area contributed by atoms with E-state index in [-0.39, 0.29) is 11.1 Å². The number of piperazine rings is 1. The van der Waals surface area contributed by atoms with Crippen LogP contribution >= 0.6 is 0 Å². The highest BCUT2D eigenvalue weighted by atomic mass is 16.6. The maximum absolute atomic E-state index is 12.5. The van der Waals surface area contributed by atoms with Crippen molar-refractivity contribution in [3.8, 4) is 0 Å². The van der Waals surface area contributed by atoms with Gasteiger partial charge >= 0.3 is 0 Å².